The number of esters is 1. The monoisotopic (exact) mass is 377 g/mol. The summed E-state index contributed by atoms with van der Waals surface area (Å²) in [6.45, 7) is -0.657. The van der Waals surface area contributed by atoms with Crippen molar-refractivity contribution in [3.05, 3.63) is 68.7 Å². The van der Waals surface area contributed by atoms with Gasteiger partial charge in [-0.15, -0.1) is 0 Å². The lowest BCUT2D eigenvalue weighted by molar-refractivity contribution is -0.385. The van der Waals surface area contributed by atoms with Gasteiger partial charge >= 0.3 is 5.97 Å². The minimum absolute atomic E-state index is 0.0883. The van der Waals surface area contributed by atoms with Crippen LogP contribution in [-0.4, -0.2) is 29.3 Å². The predicted molar refractivity (Wildman–Crippen MR) is 92.0 cm³/mol. The van der Waals surface area contributed by atoms with Crippen molar-refractivity contribution in [3.8, 4) is 0 Å². The standard InChI is InChI=1S/C16H12ClN3O6/c17-10-3-6-12(13(7-10)20(24)25)16(23)26-8-14(21)19-11-4-1-9(2-5-11)15(18)22/h1-7H,8H2,(H2,18,22)(H,19,21). The van der Waals surface area contributed by atoms with Crippen LogP contribution in [0.3, 0.4) is 0 Å². The number of ether oxygens (including phenoxy) is 1. The fourth-order valence-corrected chi connectivity index (χ4v) is 2.12. The Bertz CT molecular complexity index is 882. The zero-order valence-electron chi connectivity index (χ0n) is 13.1. The van der Waals surface area contributed by atoms with Crippen molar-refractivity contribution in [3.63, 3.8) is 0 Å². The van der Waals surface area contributed by atoms with Gasteiger partial charge in [-0.05, 0) is 36.4 Å². The van der Waals surface area contributed by atoms with Crippen molar-refractivity contribution in [2.75, 3.05) is 11.9 Å². The van der Waals surface area contributed by atoms with Crippen LogP contribution in [0.5, 0.6) is 0 Å². The third-order valence-electron chi connectivity index (χ3n) is 3.16. The molecule has 0 heterocycles. The number of nitro groups is 1. The van der Waals surface area contributed by atoms with Crippen LogP contribution in [0.1, 0.15) is 20.7 Å². The first-order valence-corrected chi connectivity index (χ1v) is 7.46. The Labute approximate surface area is 151 Å². The Morgan fingerprint density at radius 2 is 1.81 bits per heavy atom. The number of rotatable bonds is 6. The molecule has 9 nitrogen and oxygen atoms in total. The number of hydrogen-bond acceptors (Lipinski definition) is 6. The van der Waals surface area contributed by atoms with Crippen molar-refractivity contribution < 1.29 is 24.0 Å². The maximum absolute atomic E-state index is 12.0. The molecule has 2 rings (SSSR count). The quantitative estimate of drug-likeness (QED) is 0.448. The molecule has 0 saturated carbocycles. The number of nitro benzene ring substituents is 1. The van der Waals surface area contributed by atoms with Crippen LogP contribution < -0.4 is 11.1 Å². The number of nitrogens with one attached hydrogen (secondary N) is 1. The third kappa shape index (κ3) is 4.77. The second-order valence-electron chi connectivity index (χ2n) is 4.98. The zero-order chi connectivity index (χ0) is 19.3. The number of carbonyl (C=O) groups excluding carboxylic acids is 3. The molecule has 0 unspecified atom stereocenters. The highest BCUT2D eigenvalue weighted by molar-refractivity contribution is 6.31. The number of nitrogens with two attached hydrogens (primary N) is 1. The van der Waals surface area contributed by atoms with Crippen molar-refractivity contribution in [2.45, 2.75) is 0 Å². The van der Waals surface area contributed by atoms with E-state index in [0.29, 0.717) is 5.69 Å². The van der Waals surface area contributed by atoms with Crippen molar-refractivity contribution >= 4 is 40.8 Å². The number of carbonyl (C=O) groups is 3. The van der Waals surface area contributed by atoms with Gasteiger partial charge in [0.2, 0.25) is 5.91 Å². The summed E-state index contributed by atoms with van der Waals surface area (Å²) < 4.78 is 4.78. The smallest absolute Gasteiger partial charge is 0.345 e. The SMILES string of the molecule is NC(=O)c1ccc(NC(=O)COC(=O)c2ccc(Cl)cc2[N+](=O)[O-])cc1. The first kappa shape index (κ1) is 18.9. The Morgan fingerprint density at radius 1 is 1.15 bits per heavy atom. The number of nitrogens with zero attached hydrogens (tertiary/aromatic N) is 1. The molecule has 3 N–H and O–H groups in total. The zero-order valence-corrected chi connectivity index (χ0v) is 13.9. The van der Waals surface area contributed by atoms with Crippen molar-refractivity contribution in [1.29, 1.82) is 0 Å². The molecule has 0 aliphatic rings. The van der Waals surface area contributed by atoms with E-state index in [-0.39, 0.29) is 16.1 Å². The van der Waals surface area contributed by atoms with Gasteiger partial charge in [0.15, 0.2) is 6.61 Å². The number of amides is 2. The first-order valence-electron chi connectivity index (χ1n) is 7.08. The van der Waals surface area contributed by atoms with Crippen LogP contribution in [-0.2, 0) is 9.53 Å². The highest BCUT2D eigenvalue weighted by atomic mass is 35.5. The summed E-state index contributed by atoms with van der Waals surface area (Å²) in [5, 5.41) is 13.5. The van der Waals surface area contributed by atoms with Crippen LogP contribution in [0.2, 0.25) is 5.02 Å². The van der Waals surface area contributed by atoms with Gasteiger partial charge in [-0.3, -0.25) is 19.7 Å². The Hall–Kier alpha value is -3.46. The molecular weight excluding hydrogens is 366 g/mol. The molecule has 0 atom stereocenters. The minimum Gasteiger partial charge on any atom is -0.452 e. The Balaban J connectivity index is 1.98. The largest absolute Gasteiger partial charge is 0.452 e. The average Bonchev–Trinajstić information content (AvgIpc) is 2.60. The maximum atomic E-state index is 12.0. The summed E-state index contributed by atoms with van der Waals surface area (Å²) in [5.74, 6) is -2.31. The van der Waals surface area contributed by atoms with Gasteiger partial charge in [-0.25, -0.2) is 4.79 Å². The minimum atomic E-state index is -1.03. The normalized spacial score (nSPS) is 10.0. The van der Waals surface area contributed by atoms with E-state index in [4.69, 9.17) is 22.1 Å². The lowest BCUT2D eigenvalue weighted by Crippen LogP contribution is -2.21. The lowest BCUT2D eigenvalue weighted by atomic mass is 10.2. The molecule has 2 aromatic rings. The van der Waals surface area contributed by atoms with Gasteiger partial charge in [-0.2, -0.15) is 0 Å². The summed E-state index contributed by atoms with van der Waals surface area (Å²) in [7, 11) is 0. The van der Waals surface area contributed by atoms with Crippen molar-refractivity contribution in [2.24, 2.45) is 5.73 Å². The third-order valence-corrected chi connectivity index (χ3v) is 3.40. The lowest BCUT2D eigenvalue weighted by Gasteiger charge is -2.07. The second kappa shape index (κ2) is 8.08. The fourth-order valence-electron chi connectivity index (χ4n) is 1.95. The number of benzene rings is 2. The second-order valence-corrected chi connectivity index (χ2v) is 5.42. The number of anilines is 1. The van der Waals surface area contributed by atoms with Gasteiger partial charge < -0.3 is 15.8 Å². The van der Waals surface area contributed by atoms with E-state index >= 15 is 0 Å². The molecule has 0 aliphatic heterocycles. The van der Waals surface area contributed by atoms with Crippen LogP contribution in [0.15, 0.2) is 42.5 Å². The van der Waals surface area contributed by atoms with E-state index < -0.39 is 35.0 Å². The highest BCUT2D eigenvalue weighted by Gasteiger charge is 2.22. The molecule has 2 aromatic carbocycles. The summed E-state index contributed by atoms with van der Waals surface area (Å²) in [6.07, 6.45) is 0. The molecule has 0 fully saturated rings. The summed E-state index contributed by atoms with van der Waals surface area (Å²) in [4.78, 5) is 44.9. The number of halogens is 1. The molecule has 10 heteroatoms. The van der Waals surface area contributed by atoms with Gasteiger partial charge in [0, 0.05) is 22.3 Å². The van der Waals surface area contributed by atoms with E-state index in [9.17, 15) is 24.5 Å². The summed E-state index contributed by atoms with van der Waals surface area (Å²) in [5.41, 5.74) is 4.88. The van der Waals surface area contributed by atoms with E-state index in [1.54, 1.807) is 0 Å². The van der Waals surface area contributed by atoms with Crippen LogP contribution in [0, 0.1) is 10.1 Å². The molecule has 0 bridgehead atoms. The molecular formula is C16H12ClN3O6. The van der Waals surface area contributed by atoms with Gasteiger partial charge in [0.05, 0.1) is 4.92 Å². The van der Waals surface area contributed by atoms with Gasteiger partial charge in [0.1, 0.15) is 5.56 Å². The van der Waals surface area contributed by atoms with Crippen LogP contribution >= 0.6 is 11.6 Å². The van der Waals surface area contributed by atoms with Crippen molar-refractivity contribution in [1.82, 2.24) is 0 Å². The van der Waals surface area contributed by atoms with E-state index in [2.05, 4.69) is 5.32 Å². The van der Waals surface area contributed by atoms with Crippen LogP contribution in [0.25, 0.3) is 0 Å². The molecule has 0 saturated heterocycles. The van der Waals surface area contributed by atoms with E-state index in [1.165, 1.54) is 30.3 Å². The molecule has 0 aliphatic carbocycles. The average molecular weight is 378 g/mol. The first-order chi connectivity index (χ1) is 12.3. The highest BCUT2D eigenvalue weighted by Crippen LogP contribution is 2.23. The molecule has 0 spiro atoms. The van der Waals surface area contributed by atoms with E-state index in [1.807, 2.05) is 0 Å². The van der Waals surface area contributed by atoms with E-state index in [0.717, 1.165) is 12.1 Å². The molecule has 0 radical (unpaired) electrons. The molecule has 0 aromatic heterocycles. The molecule has 2 amide bonds. The maximum Gasteiger partial charge on any atom is 0.345 e. The number of primary amides is 1. The van der Waals surface area contributed by atoms with Crippen LogP contribution in [0.4, 0.5) is 11.4 Å². The topological polar surface area (TPSA) is 142 Å². The number of hydrogen-bond donors (Lipinski definition) is 2. The molecule has 26 heavy (non-hydrogen) atoms. The molecule has 134 valence electrons. The Morgan fingerprint density at radius 3 is 2.38 bits per heavy atom. The summed E-state index contributed by atoms with van der Waals surface area (Å²) in [6, 6.07) is 9.18. The fraction of sp³-hybridized carbons (Fsp3) is 0.0625. The summed E-state index contributed by atoms with van der Waals surface area (Å²) >= 11 is 5.66. The van der Waals surface area contributed by atoms with Gasteiger partial charge in [0.25, 0.3) is 11.6 Å². The van der Waals surface area contributed by atoms with Gasteiger partial charge in [-0.1, -0.05) is 11.6 Å². The predicted octanol–water partition coefficient (Wildman–Crippen LogP) is 2.14. The Kier molecular flexibility index (Phi) is 5.86.